The van der Waals surface area contributed by atoms with Gasteiger partial charge in [0, 0.05) is 26.2 Å². The van der Waals surface area contributed by atoms with Crippen LogP contribution in [-0.2, 0) is 20.1 Å². The van der Waals surface area contributed by atoms with Gasteiger partial charge in [0.1, 0.15) is 17.9 Å². The summed E-state index contributed by atoms with van der Waals surface area (Å²) < 4.78 is 7.77. The van der Waals surface area contributed by atoms with Crippen LogP contribution in [0.25, 0.3) is 0 Å². The van der Waals surface area contributed by atoms with Crippen molar-refractivity contribution in [3.63, 3.8) is 0 Å². The van der Waals surface area contributed by atoms with Crippen molar-refractivity contribution < 1.29 is 4.74 Å². The van der Waals surface area contributed by atoms with Gasteiger partial charge in [-0.15, -0.1) is 0 Å². The zero-order valence-electron chi connectivity index (χ0n) is 15.9. The van der Waals surface area contributed by atoms with E-state index < -0.39 is 0 Å². The maximum atomic E-state index is 5.99. The fraction of sp³-hybridized carbons (Fsp3) is 0.526. The van der Waals surface area contributed by atoms with Crippen LogP contribution in [0, 0.1) is 5.92 Å². The van der Waals surface area contributed by atoms with Crippen molar-refractivity contribution in [3.05, 3.63) is 42.0 Å². The number of hydrogen-bond donors (Lipinski definition) is 1. The molecule has 0 saturated heterocycles. The zero-order chi connectivity index (χ0) is 18.4. The number of hydrogen-bond acceptors (Lipinski definition) is 4. The Morgan fingerprint density at radius 2 is 2.19 bits per heavy atom. The van der Waals surface area contributed by atoms with Crippen LogP contribution in [-0.4, -0.2) is 45.8 Å². The van der Waals surface area contributed by atoms with Crippen LogP contribution < -0.4 is 10.1 Å². The number of nitrogens with zero attached hydrogens (tertiary/aromatic N) is 5. The van der Waals surface area contributed by atoms with Gasteiger partial charge in [-0.1, -0.05) is 18.2 Å². The van der Waals surface area contributed by atoms with E-state index in [0.717, 1.165) is 42.2 Å². The first-order valence-corrected chi connectivity index (χ1v) is 9.20. The van der Waals surface area contributed by atoms with E-state index in [4.69, 9.17) is 9.73 Å². The lowest BCUT2D eigenvalue weighted by Gasteiger charge is -2.21. The highest BCUT2D eigenvalue weighted by molar-refractivity contribution is 5.79. The normalized spacial score (nSPS) is 14.3. The molecule has 0 spiro atoms. The topological polar surface area (TPSA) is 67.6 Å². The Hall–Kier alpha value is -2.57. The summed E-state index contributed by atoms with van der Waals surface area (Å²) in [4.78, 5) is 11.1. The lowest BCUT2D eigenvalue weighted by molar-refractivity contribution is 0.297. The third-order valence-electron chi connectivity index (χ3n) is 4.42. The molecule has 7 heteroatoms. The molecule has 0 atom stereocenters. The monoisotopic (exact) mass is 356 g/mol. The quantitative estimate of drug-likeness (QED) is 0.580. The molecule has 2 aromatic rings. The number of rotatable bonds is 8. The lowest BCUT2D eigenvalue weighted by Crippen LogP contribution is -2.39. The van der Waals surface area contributed by atoms with Crippen LogP contribution in [0.1, 0.15) is 31.2 Å². The first-order chi connectivity index (χ1) is 12.7. The second kappa shape index (κ2) is 8.69. The fourth-order valence-corrected chi connectivity index (χ4v) is 2.65. The van der Waals surface area contributed by atoms with E-state index in [1.165, 1.54) is 12.8 Å². The summed E-state index contributed by atoms with van der Waals surface area (Å²) in [6, 6.07) is 8.16. The van der Waals surface area contributed by atoms with Gasteiger partial charge in [0.05, 0.1) is 19.7 Å². The third kappa shape index (κ3) is 4.97. The molecule has 1 aromatic carbocycles. The molecule has 0 amide bonds. The summed E-state index contributed by atoms with van der Waals surface area (Å²) >= 11 is 0. The Kier molecular flexibility index (Phi) is 6.09. The van der Waals surface area contributed by atoms with Gasteiger partial charge in [-0.3, -0.25) is 4.68 Å². The molecule has 26 heavy (non-hydrogen) atoms. The van der Waals surface area contributed by atoms with Gasteiger partial charge in [-0.2, -0.15) is 5.10 Å². The molecular weight excluding hydrogens is 328 g/mol. The molecule has 0 unspecified atom stereocenters. The molecule has 1 heterocycles. The molecule has 1 aromatic heterocycles. The van der Waals surface area contributed by atoms with Crippen LogP contribution in [0.2, 0.25) is 0 Å². The predicted molar refractivity (Wildman–Crippen MR) is 102 cm³/mol. The molecule has 7 nitrogen and oxygen atoms in total. The van der Waals surface area contributed by atoms with E-state index in [9.17, 15) is 0 Å². The maximum Gasteiger partial charge on any atom is 0.194 e. The standard InChI is InChI=1S/C19H28N6O/c1-4-20-19(24(2)12-18-22-14-23-25(18)3)21-11-16-7-5-6-8-17(16)26-13-15-9-10-15/h5-8,14-15H,4,9-13H2,1-3H3,(H,20,21). The minimum absolute atomic E-state index is 0.576. The largest absolute Gasteiger partial charge is 0.493 e. The highest BCUT2D eigenvalue weighted by atomic mass is 16.5. The molecule has 0 radical (unpaired) electrons. The highest BCUT2D eigenvalue weighted by Gasteiger charge is 2.22. The number of para-hydroxylation sites is 1. The minimum atomic E-state index is 0.576. The van der Waals surface area contributed by atoms with Crippen molar-refractivity contribution in [3.8, 4) is 5.75 Å². The van der Waals surface area contributed by atoms with Crippen molar-refractivity contribution in [2.75, 3.05) is 20.2 Å². The van der Waals surface area contributed by atoms with E-state index in [1.807, 2.05) is 32.3 Å². The SMILES string of the molecule is CCNC(=NCc1ccccc1OCC1CC1)N(C)Cc1ncnn1C. The first-order valence-electron chi connectivity index (χ1n) is 9.20. The summed E-state index contributed by atoms with van der Waals surface area (Å²) in [5, 5.41) is 7.46. The predicted octanol–water partition coefficient (Wildman–Crippen LogP) is 2.20. The lowest BCUT2D eigenvalue weighted by atomic mass is 10.2. The molecule has 1 aliphatic carbocycles. The summed E-state index contributed by atoms with van der Waals surface area (Å²) in [6.45, 7) is 4.90. The van der Waals surface area contributed by atoms with Gasteiger partial charge in [0.25, 0.3) is 0 Å². The summed E-state index contributed by atoms with van der Waals surface area (Å²) in [6.07, 6.45) is 4.15. The van der Waals surface area contributed by atoms with Crippen LogP contribution >= 0.6 is 0 Å². The van der Waals surface area contributed by atoms with Gasteiger partial charge < -0.3 is 15.0 Å². The number of nitrogens with one attached hydrogen (secondary N) is 1. The minimum Gasteiger partial charge on any atom is -0.493 e. The summed E-state index contributed by atoms with van der Waals surface area (Å²) in [7, 11) is 3.90. The molecule has 1 fully saturated rings. The number of aliphatic imine (C=N–C) groups is 1. The average molecular weight is 356 g/mol. The van der Waals surface area contributed by atoms with Gasteiger partial charge >= 0.3 is 0 Å². The number of aromatic nitrogens is 3. The van der Waals surface area contributed by atoms with Gasteiger partial charge in [-0.25, -0.2) is 9.98 Å². The molecular formula is C19H28N6O. The van der Waals surface area contributed by atoms with E-state index in [0.29, 0.717) is 13.1 Å². The van der Waals surface area contributed by atoms with Crippen molar-refractivity contribution in [2.45, 2.75) is 32.9 Å². The number of ether oxygens (including phenoxy) is 1. The van der Waals surface area contributed by atoms with E-state index in [2.05, 4.69) is 33.3 Å². The number of aryl methyl sites for hydroxylation is 1. The van der Waals surface area contributed by atoms with Crippen LogP contribution in [0.4, 0.5) is 0 Å². The van der Waals surface area contributed by atoms with Gasteiger partial charge in [-0.05, 0) is 31.7 Å². The smallest absolute Gasteiger partial charge is 0.194 e. The second-order valence-electron chi connectivity index (χ2n) is 6.69. The maximum absolute atomic E-state index is 5.99. The Morgan fingerprint density at radius 3 is 2.88 bits per heavy atom. The van der Waals surface area contributed by atoms with Crippen LogP contribution in [0.15, 0.2) is 35.6 Å². The molecule has 1 aliphatic rings. The van der Waals surface area contributed by atoms with E-state index in [-0.39, 0.29) is 0 Å². The Bertz CT molecular complexity index is 737. The van der Waals surface area contributed by atoms with Crippen molar-refractivity contribution in [1.29, 1.82) is 0 Å². The zero-order valence-corrected chi connectivity index (χ0v) is 15.9. The summed E-state index contributed by atoms with van der Waals surface area (Å²) in [5.41, 5.74) is 1.11. The van der Waals surface area contributed by atoms with Gasteiger partial charge in [0.2, 0.25) is 0 Å². The average Bonchev–Trinajstić information content (AvgIpc) is 3.39. The Morgan fingerprint density at radius 1 is 1.38 bits per heavy atom. The highest BCUT2D eigenvalue weighted by Crippen LogP contribution is 2.30. The van der Waals surface area contributed by atoms with Crippen LogP contribution in [0.3, 0.4) is 0 Å². The third-order valence-corrected chi connectivity index (χ3v) is 4.42. The van der Waals surface area contributed by atoms with Crippen LogP contribution in [0.5, 0.6) is 5.75 Å². The molecule has 1 N–H and O–H groups in total. The van der Waals surface area contributed by atoms with E-state index in [1.54, 1.807) is 11.0 Å². The molecule has 3 rings (SSSR count). The Balaban J connectivity index is 1.67. The summed E-state index contributed by atoms with van der Waals surface area (Å²) in [5.74, 6) is 3.41. The fourth-order valence-electron chi connectivity index (χ4n) is 2.65. The van der Waals surface area contributed by atoms with E-state index >= 15 is 0 Å². The first kappa shape index (κ1) is 18.2. The number of benzene rings is 1. The molecule has 0 bridgehead atoms. The number of guanidine groups is 1. The van der Waals surface area contributed by atoms with Crippen molar-refractivity contribution >= 4 is 5.96 Å². The van der Waals surface area contributed by atoms with Gasteiger partial charge in [0.15, 0.2) is 5.96 Å². The second-order valence-corrected chi connectivity index (χ2v) is 6.69. The molecule has 0 aliphatic heterocycles. The molecule has 140 valence electrons. The Labute approximate surface area is 155 Å². The van der Waals surface area contributed by atoms with Crippen molar-refractivity contribution in [2.24, 2.45) is 18.0 Å². The molecule has 1 saturated carbocycles. The van der Waals surface area contributed by atoms with Crippen molar-refractivity contribution in [1.82, 2.24) is 25.0 Å².